The van der Waals surface area contributed by atoms with E-state index in [0.29, 0.717) is 0 Å². The molecule has 0 spiro atoms. The van der Waals surface area contributed by atoms with Gasteiger partial charge in [-0.3, -0.25) is 0 Å². The number of hydrogen-bond acceptors (Lipinski definition) is 4. The molecule has 0 atom stereocenters. The molecule has 0 radical (unpaired) electrons. The van der Waals surface area contributed by atoms with Gasteiger partial charge >= 0.3 is 46.1 Å². The Bertz CT molecular complexity index is 140. The zero-order chi connectivity index (χ0) is 17.2. The van der Waals surface area contributed by atoms with E-state index in [-0.39, 0.29) is 94.1 Å². The van der Waals surface area contributed by atoms with Gasteiger partial charge in [0.1, 0.15) is 0 Å². The number of ether oxygens (including phenoxy) is 2. The molecule has 0 unspecified atom stereocenters. The summed E-state index contributed by atoms with van der Waals surface area (Å²) >= 11 is 0. The van der Waals surface area contributed by atoms with Crippen LogP contribution in [0.2, 0.25) is 39.3 Å². The molecule has 0 N–H and O–H groups in total. The Labute approximate surface area is 220 Å². The van der Waals surface area contributed by atoms with E-state index in [1.807, 2.05) is 27.7 Å². The fraction of sp³-hybridized carbons (Fsp3) is 1.00. The third-order valence-corrected chi connectivity index (χ3v) is 0.816. The van der Waals surface area contributed by atoms with Gasteiger partial charge in [0.25, 0.3) is 0 Å². The van der Waals surface area contributed by atoms with Gasteiger partial charge in [0.2, 0.25) is 0 Å². The van der Waals surface area contributed by atoms with Crippen molar-refractivity contribution < 1.29 is 67.0 Å². The molecule has 24 heavy (non-hydrogen) atoms. The normalized spacial score (nSPS) is 8.50. The summed E-state index contributed by atoms with van der Waals surface area (Å²) in [5.74, 6) is 0. The molecule has 0 heterocycles. The Morgan fingerprint density at radius 1 is 0.542 bits per heavy atom. The maximum Gasteiger partial charge on any atom is 2.00 e. The summed E-state index contributed by atoms with van der Waals surface area (Å²) in [6.45, 7) is 22.0. The van der Waals surface area contributed by atoms with Crippen LogP contribution in [0.1, 0.15) is 27.7 Å². The molecule has 0 amide bonds. The molecule has 0 aromatic carbocycles. The van der Waals surface area contributed by atoms with E-state index in [2.05, 4.69) is 0 Å². The van der Waals surface area contributed by atoms with Gasteiger partial charge in [0, 0.05) is 26.4 Å². The maximum atomic E-state index is 10.2. The van der Waals surface area contributed by atoms with Crippen LogP contribution in [0, 0.1) is 0 Å². The van der Waals surface area contributed by atoms with Crippen LogP contribution in [0.25, 0.3) is 0 Å². The van der Waals surface area contributed by atoms with Crippen molar-refractivity contribution in [1.82, 2.24) is 0 Å². The Morgan fingerprint density at radius 2 is 0.625 bits per heavy atom. The molecular weight excluding hydrogens is 591 g/mol. The maximum absolute atomic E-state index is 10.2. The first-order valence-electron chi connectivity index (χ1n) is 7.39. The van der Waals surface area contributed by atoms with Crippen molar-refractivity contribution in [3.63, 3.8) is 0 Å². The average molecular weight is 629 g/mol. The van der Waals surface area contributed by atoms with Crippen molar-refractivity contribution in [3.05, 3.63) is 0 Å². The fourth-order valence-corrected chi connectivity index (χ4v) is 0.408. The van der Waals surface area contributed by atoms with Gasteiger partial charge in [-0.2, -0.15) is 0 Å². The van der Waals surface area contributed by atoms with Crippen LogP contribution in [0.3, 0.4) is 0 Å². The third kappa shape index (κ3) is 282. The van der Waals surface area contributed by atoms with Gasteiger partial charge in [-0.15, -0.1) is 0 Å². The quantitative estimate of drug-likeness (QED) is 0.234. The van der Waals surface area contributed by atoms with Crippen LogP contribution in [0.4, 0.5) is 0 Å². The molecule has 0 aromatic rings. The van der Waals surface area contributed by atoms with E-state index < -0.39 is 16.6 Å². The smallest absolute Gasteiger partial charge is 1.00 e. The number of halogens is 2. The molecule has 10 heteroatoms. The van der Waals surface area contributed by atoms with Crippen LogP contribution in [-0.4, -0.2) is 89.2 Å². The summed E-state index contributed by atoms with van der Waals surface area (Å²) in [4.78, 5) is 20.5. The van der Waals surface area contributed by atoms with Gasteiger partial charge in [-0.1, -0.05) is 55.9 Å². The zero-order valence-corrected chi connectivity index (χ0v) is 26.8. The second-order valence-electron chi connectivity index (χ2n) is 5.79. The fourth-order valence-electron chi connectivity index (χ4n) is 0.408. The van der Waals surface area contributed by atoms with Crippen LogP contribution >= 0.6 is 0 Å². The Balaban J connectivity index is -0.0000000225. The molecule has 0 fully saturated rings. The van der Waals surface area contributed by atoms with Crippen molar-refractivity contribution in [2.75, 3.05) is 26.4 Å². The summed E-state index contributed by atoms with van der Waals surface area (Å²) < 4.78 is 9.67. The summed E-state index contributed by atoms with van der Waals surface area (Å²) in [6.07, 6.45) is 0. The molecule has 0 saturated carbocycles. The average Bonchev–Trinajstić information content (AvgIpc) is 2.15. The second kappa shape index (κ2) is 37.1. The van der Waals surface area contributed by atoms with E-state index in [1.54, 1.807) is 39.3 Å². The Morgan fingerprint density at radius 3 is 0.625 bits per heavy atom. The predicted molar refractivity (Wildman–Crippen MR) is 103 cm³/mol. The first-order valence-corrected chi connectivity index (χ1v) is 14.2. The van der Waals surface area contributed by atoms with Crippen LogP contribution < -0.4 is 57.5 Å². The van der Waals surface area contributed by atoms with Gasteiger partial charge in [0.15, 0.2) is 0 Å². The Kier molecular flexibility index (Phi) is 78.3. The van der Waals surface area contributed by atoms with Crippen molar-refractivity contribution >= 4 is 62.7 Å². The molecule has 0 bridgehead atoms. The molecule has 0 aromatic heterocycles. The standard InChI is InChI=1S/2C4H10O.2C3H9OSi.2HI.2Mg/c2*1-3-5-4-2;2*1-5(2,3)4;;;;/h2*3-4H2,1-2H3;2*1-3H3;2*1H;;/q;;2*-1;;;2*+2/p-2. The minimum Gasteiger partial charge on any atom is -1.00 e. The largest absolute Gasteiger partial charge is 2.00 e. The molecular formula is C14H38I2Mg2O4Si2. The van der Waals surface area contributed by atoms with Crippen molar-refractivity contribution in [2.45, 2.75) is 67.0 Å². The van der Waals surface area contributed by atoms with E-state index in [4.69, 9.17) is 9.47 Å². The van der Waals surface area contributed by atoms with E-state index in [1.165, 1.54) is 0 Å². The van der Waals surface area contributed by atoms with Gasteiger partial charge in [0.05, 0.1) is 0 Å². The molecule has 0 aliphatic carbocycles. The summed E-state index contributed by atoms with van der Waals surface area (Å²) in [6, 6.07) is 0. The minimum absolute atomic E-state index is 0. The van der Waals surface area contributed by atoms with Gasteiger partial charge in [-0.05, 0) is 27.7 Å². The topological polar surface area (TPSA) is 64.6 Å². The molecule has 0 aliphatic heterocycles. The van der Waals surface area contributed by atoms with E-state index in [0.717, 1.165) is 26.4 Å². The van der Waals surface area contributed by atoms with Crippen LogP contribution in [0.15, 0.2) is 0 Å². The molecule has 0 aliphatic rings. The monoisotopic (exact) mass is 628 g/mol. The summed E-state index contributed by atoms with van der Waals surface area (Å²) in [7, 11) is -3.72. The summed E-state index contributed by atoms with van der Waals surface area (Å²) in [5.41, 5.74) is 0. The van der Waals surface area contributed by atoms with Crippen molar-refractivity contribution in [3.8, 4) is 0 Å². The number of rotatable bonds is 4. The molecule has 144 valence electrons. The van der Waals surface area contributed by atoms with Crippen LogP contribution in [0.5, 0.6) is 0 Å². The van der Waals surface area contributed by atoms with E-state index in [9.17, 15) is 9.59 Å². The first kappa shape index (κ1) is 50.7. The SMILES string of the molecule is CCOCC.CCOCC.C[Si](C)(C)[O-].C[Si](C)(C)[O-].[I-].[I-].[Mg+2].[Mg+2]. The summed E-state index contributed by atoms with van der Waals surface area (Å²) in [5, 5.41) is 0. The van der Waals surface area contributed by atoms with Crippen molar-refractivity contribution in [2.24, 2.45) is 0 Å². The minimum atomic E-state index is -1.86. The molecule has 0 rings (SSSR count). The first-order chi connectivity index (χ1) is 8.83. The van der Waals surface area contributed by atoms with Crippen LogP contribution in [-0.2, 0) is 9.47 Å². The van der Waals surface area contributed by atoms with Crippen molar-refractivity contribution in [1.29, 1.82) is 0 Å². The third-order valence-electron chi connectivity index (χ3n) is 0.816. The second-order valence-corrected chi connectivity index (χ2v) is 14.2. The van der Waals surface area contributed by atoms with Gasteiger partial charge < -0.3 is 67.0 Å². The molecule has 4 nitrogen and oxygen atoms in total. The Hall–Kier alpha value is 3.27. The molecule has 0 saturated heterocycles. The van der Waals surface area contributed by atoms with Gasteiger partial charge in [-0.25, -0.2) is 0 Å². The predicted octanol–water partition coefficient (Wildman–Crippen LogP) is -4.30. The zero-order valence-electron chi connectivity index (χ0n) is 17.6. The van der Waals surface area contributed by atoms with E-state index >= 15 is 0 Å². The number of hydrogen-bond donors (Lipinski definition) is 0.